The summed E-state index contributed by atoms with van der Waals surface area (Å²) < 4.78 is 5.82. The first kappa shape index (κ1) is 15.6. The Labute approximate surface area is 86.1 Å². The lowest BCUT2D eigenvalue weighted by Crippen LogP contribution is -3.00. The standard InChI is InChI=1S/C8H20NO3.ClH/c1-3-12-8-9(2,4-6-10)5-7-11;/h10-11H,3-8H2,1-2H3;1H/q+1;/p-1. The van der Waals surface area contributed by atoms with Crippen molar-refractivity contribution in [2.24, 2.45) is 0 Å². The summed E-state index contributed by atoms with van der Waals surface area (Å²) in [5, 5.41) is 17.6. The summed E-state index contributed by atoms with van der Waals surface area (Å²) in [5.41, 5.74) is 0. The van der Waals surface area contributed by atoms with Gasteiger partial charge < -0.3 is 27.4 Å². The molecule has 0 aliphatic rings. The molecule has 0 fully saturated rings. The van der Waals surface area contributed by atoms with E-state index in [1.807, 2.05) is 14.0 Å². The Morgan fingerprint density at radius 2 is 1.62 bits per heavy atom. The number of quaternary nitrogens is 1. The van der Waals surface area contributed by atoms with Gasteiger partial charge in [-0.15, -0.1) is 0 Å². The van der Waals surface area contributed by atoms with Crippen LogP contribution in [0.1, 0.15) is 6.92 Å². The smallest absolute Gasteiger partial charge is 0.183 e. The molecule has 4 nitrogen and oxygen atoms in total. The Hall–Kier alpha value is 0.130. The lowest BCUT2D eigenvalue weighted by molar-refractivity contribution is -0.928. The first-order chi connectivity index (χ1) is 5.68. The zero-order chi connectivity index (χ0) is 9.45. The molecule has 13 heavy (non-hydrogen) atoms. The summed E-state index contributed by atoms with van der Waals surface area (Å²) in [6.45, 7) is 4.67. The van der Waals surface area contributed by atoms with Gasteiger partial charge in [0, 0.05) is 6.61 Å². The lowest BCUT2D eigenvalue weighted by Gasteiger charge is -2.32. The fourth-order valence-corrected chi connectivity index (χ4v) is 1.04. The van der Waals surface area contributed by atoms with Gasteiger partial charge in [0.15, 0.2) is 6.73 Å². The van der Waals surface area contributed by atoms with E-state index in [2.05, 4.69) is 0 Å². The maximum absolute atomic E-state index is 8.78. The summed E-state index contributed by atoms with van der Waals surface area (Å²) >= 11 is 0. The molecule has 0 unspecified atom stereocenters. The molecule has 0 rings (SSSR count). The zero-order valence-electron chi connectivity index (χ0n) is 8.37. The van der Waals surface area contributed by atoms with Crippen molar-refractivity contribution in [1.29, 1.82) is 0 Å². The average molecular weight is 214 g/mol. The van der Waals surface area contributed by atoms with Gasteiger partial charge in [-0.25, -0.2) is 0 Å². The van der Waals surface area contributed by atoms with Gasteiger partial charge >= 0.3 is 0 Å². The van der Waals surface area contributed by atoms with E-state index in [9.17, 15) is 0 Å². The molecule has 0 saturated heterocycles. The van der Waals surface area contributed by atoms with Gasteiger partial charge in [-0.3, -0.25) is 4.48 Å². The van der Waals surface area contributed by atoms with E-state index in [1.54, 1.807) is 0 Å². The van der Waals surface area contributed by atoms with Gasteiger partial charge in [0.05, 0.1) is 20.3 Å². The fraction of sp³-hybridized carbons (Fsp3) is 1.00. The van der Waals surface area contributed by atoms with Crippen molar-refractivity contribution >= 4 is 0 Å². The molecule has 0 aromatic heterocycles. The third-order valence-electron chi connectivity index (χ3n) is 1.89. The van der Waals surface area contributed by atoms with Crippen molar-refractivity contribution in [3.05, 3.63) is 0 Å². The second-order valence-corrected chi connectivity index (χ2v) is 3.14. The molecule has 0 amide bonds. The molecule has 0 saturated carbocycles. The Kier molecular flexibility index (Phi) is 10.5. The number of halogens is 1. The molecule has 0 aromatic carbocycles. The second kappa shape index (κ2) is 8.72. The van der Waals surface area contributed by atoms with Crippen LogP contribution in [0.25, 0.3) is 0 Å². The number of hydrogen-bond acceptors (Lipinski definition) is 3. The average Bonchev–Trinajstić information content (AvgIpc) is 2.02. The van der Waals surface area contributed by atoms with Crippen molar-refractivity contribution in [3.63, 3.8) is 0 Å². The topological polar surface area (TPSA) is 49.7 Å². The van der Waals surface area contributed by atoms with Gasteiger partial charge in [-0.05, 0) is 6.92 Å². The van der Waals surface area contributed by atoms with Crippen molar-refractivity contribution in [3.8, 4) is 0 Å². The zero-order valence-corrected chi connectivity index (χ0v) is 9.13. The highest BCUT2D eigenvalue weighted by molar-refractivity contribution is 4.33. The van der Waals surface area contributed by atoms with Crippen LogP contribution in [-0.2, 0) is 4.74 Å². The minimum atomic E-state index is 0. The minimum Gasteiger partial charge on any atom is -1.00 e. The number of aliphatic hydroxyl groups excluding tert-OH is 2. The van der Waals surface area contributed by atoms with E-state index in [0.29, 0.717) is 30.9 Å². The molecular weight excluding hydrogens is 194 g/mol. The summed E-state index contributed by atoms with van der Waals surface area (Å²) in [4.78, 5) is 0. The number of hydrogen-bond donors (Lipinski definition) is 2. The minimum absolute atomic E-state index is 0. The normalized spacial score (nSPS) is 11.1. The largest absolute Gasteiger partial charge is 1.00 e. The third kappa shape index (κ3) is 7.22. The fourth-order valence-electron chi connectivity index (χ4n) is 1.04. The molecule has 0 bridgehead atoms. The Balaban J connectivity index is 0. The van der Waals surface area contributed by atoms with E-state index in [1.165, 1.54) is 0 Å². The molecule has 0 atom stereocenters. The maximum atomic E-state index is 8.78. The predicted molar refractivity (Wildman–Crippen MR) is 46.6 cm³/mol. The first-order valence-corrected chi connectivity index (χ1v) is 4.31. The first-order valence-electron chi connectivity index (χ1n) is 4.31. The van der Waals surface area contributed by atoms with E-state index in [0.717, 1.165) is 0 Å². The SMILES string of the molecule is CCOC[N+](C)(CCO)CCO.[Cl-]. The molecule has 82 valence electrons. The van der Waals surface area contributed by atoms with Crippen LogP contribution in [0.15, 0.2) is 0 Å². The number of ether oxygens (including phenoxy) is 1. The Bertz CT molecular complexity index is 108. The van der Waals surface area contributed by atoms with Gasteiger partial charge in [0.2, 0.25) is 0 Å². The number of aliphatic hydroxyl groups is 2. The number of nitrogens with zero attached hydrogens (tertiary/aromatic N) is 1. The maximum Gasteiger partial charge on any atom is 0.183 e. The van der Waals surface area contributed by atoms with Crippen molar-refractivity contribution in [1.82, 2.24) is 0 Å². The summed E-state index contributed by atoms with van der Waals surface area (Å²) in [5.74, 6) is 0. The second-order valence-electron chi connectivity index (χ2n) is 3.14. The van der Waals surface area contributed by atoms with E-state index in [4.69, 9.17) is 14.9 Å². The molecule has 0 aliphatic carbocycles. The summed E-state index contributed by atoms with van der Waals surface area (Å²) in [6.07, 6.45) is 0. The third-order valence-corrected chi connectivity index (χ3v) is 1.89. The van der Waals surface area contributed by atoms with Crippen LogP contribution in [0.2, 0.25) is 0 Å². The Morgan fingerprint density at radius 1 is 1.15 bits per heavy atom. The molecular formula is C8H20ClNO3. The van der Waals surface area contributed by atoms with Gasteiger partial charge in [0.1, 0.15) is 13.1 Å². The molecule has 0 aromatic rings. The number of likely N-dealkylation sites (N-methyl/N-ethyl adjacent to an activating group) is 1. The summed E-state index contributed by atoms with van der Waals surface area (Å²) in [6, 6.07) is 0. The van der Waals surface area contributed by atoms with Gasteiger partial charge in [0.25, 0.3) is 0 Å². The van der Waals surface area contributed by atoms with Crippen LogP contribution in [0.4, 0.5) is 0 Å². The highest BCUT2D eigenvalue weighted by atomic mass is 35.5. The van der Waals surface area contributed by atoms with Crippen LogP contribution >= 0.6 is 0 Å². The monoisotopic (exact) mass is 213 g/mol. The van der Waals surface area contributed by atoms with Crippen molar-refractivity contribution in [2.45, 2.75) is 6.92 Å². The number of rotatable bonds is 7. The van der Waals surface area contributed by atoms with E-state index < -0.39 is 0 Å². The van der Waals surface area contributed by atoms with Crippen LogP contribution in [0.3, 0.4) is 0 Å². The molecule has 0 heterocycles. The molecule has 2 N–H and O–H groups in total. The van der Waals surface area contributed by atoms with Crippen LogP contribution < -0.4 is 12.4 Å². The molecule has 0 aliphatic heterocycles. The predicted octanol–water partition coefficient (Wildman–Crippen LogP) is -3.58. The summed E-state index contributed by atoms with van der Waals surface area (Å²) in [7, 11) is 1.96. The molecule has 5 heteroatoms. The van der Waals surface area contributed by atoms with Gasteiger partial charge in [-0.1, -0.05) is 0 Å². The van der Waals surface area contributed by atoms with Crippen LogP contribution in [0.5, 0.6) is 0 Å². The van der Waals surface area contributed by atoms with Gasteiger partial charge in [-0.2, -0.15) is 0 Å². The van der Waals surface area contributed by atoms with Crippen LogP contribution in [-0.4, -0.2) is 61.4 Å². The quantitative estimate of drug-likeness (QED) is 0.340. The molecule has 0 spiro atoms. The highest BCUT2D eigenvalue weighted by Gasteiger charge is 2.19. The van der Waals surface area contributed by atoms with E-state index in [-0.39, 0.29) is 25.6 Å². The Morgan fingerprint density at radius 3 is 1.92 bits per heavy atom. The van der Waals surface area contributed by atoms with E-state index >= 15 is 0 Å². The lowest BCUT2D eigenvalue weighted by atomic mass is 10.4. The molecule has 0 radical (unpaired) electrons. The van der Waals surface area contributed by atoms with Crippen molar-refractivity contribution < 1.29 is 31.8 Å². The van der Waals surface area contributed by atoms with Crippen molar-refractivity contribution in [2.75, 3.05) is 46.7 Å². The van der Waals surface area contributed by atoms with Crippen LogP contribution in [0, 0.1) is 0 Å². The highest BCUT2D eigenvalue weighted by Crippen LogP contribution is 2.00.